The minimum absolute atomic E-state index is 0.566. The molecular weight excluding hydrogens is 361 g/mol. The van der Waals surface area contributed by atoms with Crippen molar-refractivity contribution in [2.45, 2.75) is 32.1 Å². The molecule has 3 rings (SSSR count). The van der Waals surface area contributed by atoms with Gasteiger partial charge < -0.3 is 5.32 Å². The van der Waals surface area contributed by atoms with Crippen molar-refractivity contribution in [1.82, 2.24) is 9.97 Å². The molecule has 3 nitrogen and oxygen atoms in total. The molecule has 1 N–H and O–H groups in total. The molecule has 20 heavy (non-hydrogen) atoms. The minimum Gasteiger partial charge on any atom is -0.369 e. The van der Waals surface area contributed by atoms with Gasteiger partial charge in [-0.05, 0) is 41.9 Å². The summed E-state index contributed by atoms with van der Waals surface area (Å²) in [5.74, 6) is 2.56. The fourth-order valence-corrected chi connectivity index (χ4v) is 2.88. The van der Waals surface area contributed by atoms with Gasteiger partial charge in [0.1, 0.15) is 11.6 Å². The lowest BCUT2D eigenvalue weighted by Crippen LogP contribution is -2.08. The number of hydrogen-bond donors (Lipinski definition) is 1. The lowest BCUT2D eigenvalue weighted by molar-refractivity contribution is 0.906. The van der Waals surface area contributed by atoms with Crippen molar-refractivity contribution in [3.63, 3.8) is 0 Å². The van der Waals surface area contributed by atoms with Crippen LogP contribution >= 0.6 is 22.6 Å². The van der Waals surface area contributed by atoms with Crippen LogP contribution in [0.25, 0.3) is 11.3 Å². The Kier molecular flexibility index (Phi) is 4.19. The van der Waals surface area contributed by atoms with Crippen LogP contribution in [0.5, 0.6) is 0 Å². The molecule has 0 spiro atoms. The second-order valence-corrected chi connectivity index (χ2v) is 6.24. The van der Waals surface area contributed by atoms with Crippen molar-refractivity contribution >= 4 is 28.4 Å². The first kappa shape index (κ1) is 13.8. The van der Waals surface area contributed by atoms with Gasteiger partial charge in [0.25, 0.3) is 0 Å². The third kappa shape index (κ3) is 2.95. The van der Waals surface area contributed by atoms with E-state index in [2.05, 4.69) is 59.1 Å². The number of anilines is 1. The molecule has 1 aromatic carbocycles. The molecule has 0 atom stereocenters. The Labute approximate surface area is 133 Å². The summed E-state index contributed by atoms with van der Waals surface area (Å²) < 4.78 is 1.12. The van der Waals surface area contributed by atoms with Crippen molar-refractivity contribution in [3.05, 3.63) is 39.7 Å². The first-order valence-electron chi connectivity index (χ1n) is 7.16. The van der Waals surface area contributed by atoms with E-state index in [1.54, 1.807) is 0 Å². The zero-order chi connectivity index (χ0) is 13.9. The lowest BCUT2D eigenvalue weighted by Gasteiger charge is -2.12. The normalized spacial score (nSPS) is 14.3. The van der Waals surface area contributed by atoms with Crippen LogP contribution in [0.3, 0.4) is 0 Å². The fraction of sp³-hybridized carbons (Fsp3) is 0.375. The van der Waals surface area contributed by atoms with Gasteiger partial charge in [0, 0.05) is 18.0 Å². The molecular formula is C16H18IN3. The maximum absolute atomic E-state index is 4.81. The van der Waals surface area contributed by atoms with Crippen LogP contribution in [0, 0.1) is 3.57 Å². The highest BCUT2D eigenvalue weighted by Gasteiger charge is 2.28. The second-order valence-electron chi connectivity index (χ2n) is 5.16. The van der Waals surface area contributed by atoms with Crippen molar-refractivity contribution in [2.24, 2.45) is 0 Å². The molecule has 1 saturated carbocycles. The molecule has 2 aromatic rings. The standard InChI is InChI=1S/C16H18IN3/c1-2-10-18-16-13(17)14(11-6-4-3-5-7-11)19-15(20-16)12-8-9-12/h3-7,12H,2,8-10H2,1H3,(H,18,19,20). The minimum atomic E-state index is 0.566. The Balaban J connectivity index is 2.05. The largest absolute Gasteiger partial charge is 0.369 e. The lowest BCUT2D eigenvalue weighted by atomic mass is 10.1. The van der Waals surface area contributed by atoms with Crippen molar-refractivity contribution in [1.29, 1.82) is 0 Å². The van der Waals surface area contributed by atoms with Gasteiger partial charge in [0.05, 0.1) is 9.26 Å². The van der Waals surface area contributed by atoms with Gasteiger partial charge in [-0.2, -0.15) is 0 Å². The van der Waals surface area contributed by atoms with E-state index < -0.39 is 0 Å². The second kappa shape index (κ2) is 6.08. The fourth-order valence-electron chi connectivity index (χ4n) is 2.14. The monoisotopic (exact) mass is 379 g/mol. The summed E-state index contributed by atoms with van der Waals surface area (Å²) in [6, 6.07) is 10.4. The Bertz CT molecular complexity index is 594. The van der Waals surface area contributed by atoms with Crippen LogP contribution in [0.2, 0.25) is 0 Å². The molecule has 0 amide bonds. The number of aromatic nitrogens is 2. The van der Waals surface area contributed by atoms with Crippen molar-refractivity contribution in [3.8, 4) is 11.3 Å². The highest BCUT2D eigenvalue weighted by atomic mass is 127. The van der Waals surface area contributed by atoms with E-state index in [9.17, 15) is 0 Å². The maximum Gasteiger partial charge on any atom is 0.143 e. The van der Waals surface area contributed by atoms with Crippen molar-refractivity contribution < 1.29 is 0 Å². The zero-order valence-corrected chi connectivity index (χ0v) is 13.7. The molecule has 0 unspecified atom stereocenters. The number of rotatable bonds is 5. The van der Waals surface area contributed by atoms with Gasteiger partial charge in [-0.15, -0.1) is 0 Å². The number of halogens is 1. The molecule has 1 aromatic heterocycles. The maximum atomic E-state index is 4.81. The van der Waals surface area contributed by atoms with Gasteiger partial charge in [-0.3, -0.25) is 0 Å². The molecule has 0 radical (unpaired) electrons. The molecule has 4 heteroatoms. The quantitative estimate of drug-likeness (QED) is 0.781. The molecule has 1 heterocycles. The van der Waals surface area contributed by atoms with E-state index in [1.165, 1.54) is 18.4 Å². The van der Waals surface area contributed by atoms with E-state index in [4.69, 9.17) is 9.97 Å². The highest BCUT2D eigenvalue weighted by molar-refractivity contribution is 14.1. The number of nitrogens with one attached hydrogen (secondary N) is 1. The molecule has 0 aliphatic heterocycles. The van der Waals surface area contributed by atoms with E-state index in [0.29, 0.717) is 5.92 Å². The smallest absolute Gasteiger partial charge is 0.143 e. The van der Waals surface area contributed by atoms with E-state index in [0.717, 1.165) is 33.9 Å². The first-order valence-corrected chi connectivity index (χ1v) is 8.24. The van der Waals surface area contributed by atoms with Crippen LogP contribution in [-0.2, 0) is 0 Å². The van der Waals surface area contributed by atoms with Crippen molar-refractivity contribution in [2.75, 3.05) is 11.9 Å². The molecule has 1 aliphatic carbocycles. The summed E-state index contributed by atoms with van der Waals surface area (Å²) in [7, 11) is 0. The summed E-state index contributed by atoms with van der Waals surface area (Å²) in [4.78, 5) is 9.54. The highest BCUT2D eigenvalue weighted by Crippen LogP contribution is 2.40. The Hall–Kier alpha value is -1.17. The third-order valence-corrected chi connectivity index (χ3v) is 4.42. The summed E-state index contributed by atoms with van der Waals surface area (Å²) >= 11 is 2.36. The summed E-state index contributed by atoms with van der Waals surface area (Å²) in [6.07, 6.45) is 3.55. The Morgan fingerprint density at radius 1 is 1.20 bits per heavy atom. The van der Waals surface area contributed by atoms with Crippen LogP contribution in [0.1, 0.15) is 37.9 Å². The van der Waals surface area contributed by atoms with Gasteiger partial charge >= 0.3 is 0 Å². The predicted octanol–water partition coefficient (Wildman–Crippen LogP) is 4.45. The first-order chi connectivity index (χ1) is 9.79. The van der Waals surface area contributed by atoms with Crippen LogP contribution < -0.4 is 5.32 Å². The number of benzene rings is 1. The molecule has 0 saturated heterocycles. The average Bonchev–Trinajstić information content (AvgIpc) is 3.32. The third-order valence-electron chi connectivity index (χ3n) is 3.40. The molecule has 0 bridgehead atoms. The van der Waals surface area contributed by atoms with Gasteiger partial charge in [0.15, 0.2) is 0 Å². The summed E-state index contributed by atoms with van der Waals surface area (Å²) in [5, 5.41) is 3.44. The number of nitrogens with zero attached hydrogens (tertiary/aromatic N) is 2. The molecule has 1 fully saturated rings. The van der Waals surface area contributed by atoms with Gasteiger partial charge in [-0.25, -0.2) is 9.97 Å². The van der Waals surface area contributed by atoms with E-state index >= 15 is 0 Å². The Morgan fingerprint density at radius 3 is 2.60 bits per heavy atom. The zero-order valence-electron chi connectivity index (χ0n) is 11.6. The average molecular weight is 379 g/mol. The van der Waals surface area contributed by atoms with E-state index in [-0.39, 0.29) is 0 Å². The summed E-state index contributed by atoms with van der Waals surface area (Å²) in [5.41, 5.74) is 2.22. The molecule has 104 valence electrons. The van der Waals surface area contributed by atoms with Crippen LogP contribution in [0.15, 0.2) is 30.3 Å². The topological polar surface area (TPSA) is 37.8 Å². The van der Waals surface area contributed by atoms with Gasteiger partial charge in [-0.1, -0.05) is 37.3 Å². The van der Waals surface area contributed by atoms with Gasteiger partial charge in [0.2, 0.25) is 0 Å². The van der Waals surface area contributed by atoms with E-state index in [1.807, 2.05) is 6.07 Å². The SMILES string of the molecule is CCCNc1nc(C2CC2)nc(-c2ccccc2)c1I. The van der Waals surface area contributed by atoms with Crippen LogP contribution in [0.4, 0.5) is 5.82 Å². The summed E-state index contributed by atoms with van der Waals surface area (Å²) in [6.45, 7) is 3.12. The van der Waals surface area contributed by atoms with Crippen LogP contribution in [-0.4, -0.2) is 16.5 Å². The molecule has 1 aliphatic rings. The number of hydrogen-bond acceptors (Lipinski definition) is 3. The predicted molar refractivity (Wildman–Crippen MR) is 90.9 cm³/mol. The Morgan fingerprint density at radius 2 is 1.95 bits per heavy atom.